The molecule has 2 aromatic carbocycles. The van der Waals surface area contributed by atoms with Gasteiger partial charge in [0.1, 0.15) is 11.6 Å². The van der Waals surface area contributed by atoms with Crippen LogP contribution in [0.1, 0.15) is 18.4 Å². The quantitative estimate of drug-likeness (QED) is 0.572. The van der Waals surface area contributed by atoms with Crippen LogP contribution in [0.15, 0.2) is 53.1 Å². The van der Waals surface area contributed by atoms with E-state index in [0.717, 1.165) is 10.6 Å². The molecule has 0 unspecified atom stereocenters. The summed E-state index contributed by atoms with van der Waals surface area (Å²) in [6, 6.07) is 13.2. The van der Waals surface area contributed by atoms with Gasteiger partial charge >= 0.3 is 0 Å². The number of nitrogens with zero attached hydrogens (tertiary/aromatic N) is 3. The van der Waals surface area contributed by atoms with E-state index in [-0.39, 0.29) is 24.5 Å². The molecule has 0 bridgehead atoms. The number of rotatable bonds is 8. The lowest BCUT2D eigenvalue weighted by Crippen LogP contribution is -2.29. The summed E-state index contributed by atoms with van der Waals surface area (Å²) < 4.78 is 50.1. The van der Waals surface area contributed by atoms with Crippen LogP contribution < -0.4 is 4.74 Å². The summed E-state index contributed by atoms with van der Waals surface area (Å²) in [5.41, 5.74) is 0.897. The molecule has 0 fully saturated rings. The van der Waals surface area contributed by atoms with Crippen molar-refractivity contribution >= 4 is 10.0 Å². The molecule has 0 aliphatic rings. The normalized spacial score (nSPS) is 11.7. The highest BCUT2D eigenvalue weighted by Crippen LogP contribution is 2.28. The second-order valence-electron chi connectivity index (χ2n) is 6.06. The first-order valence-corrected chi connectivity index (χ1v) is 10.5. The minimum absolute atomic E-state index is 0.100. The van der Waals surface area contributed by atoms with Crippen LogP contribution in [0.2, 0.25) is 0 Å². The Hall–Kier alpha value is -2.78. The third-order valence-electron chi connectivity index (χ3n) is 3.98. The highest BCUT2D eigenvalue weighted by molar-refractivity contribution is 7.88. The van der Waals surface area contributed by atoms with E-state index < -0.39 is 15.8 Å². The summed E-state index contributed by atoms with van der Waals surface area (Å²) in [5, 5.41) is 3.93. The van der Waals surface area contributed by atoms with Crippen LogP contribution in [0.4, 0.5) is 4.39 Å². The van der Waals surface area contributed by atoms with Gasteiger partial charge in [0.25, 0.3) is 0 Å². The lowest BCUT2D eigenvalue weighted by atomic mass is 10.2. The molecule has 1 aromatic heterocycles. The zero-order valence-electron chi connectivity index (χ0n) is 15.5. The smallest absolute Gasteiger partial charge is 0.242 e. The Kier molecular flexibility index (Phi) is 6.05. The van der Waals surface area contributed by atoms with Gasteiger partial charge in [-0.3, -0.25) is 0 Å². The van der Waals surface area contributed by atoms with E-state index in [1.807, 2.05) is 19.1 Å². The molecule has 0 spiro atoms. The monoisotopic (exact) mass is 405 g/mol. The minimum atomic E-state index is -3.64. The Bertz CT molecular complexity index is 1050. The lowest BCUT2D eigenvalue weighted by molar-refractivity contribution is 0.311. The van der Waals surface area contributed by atoms with Crippen molar-refractivity contribution in [1.29, 1.82) is 0 Å². The fourth-order valence-electron chi connectivity index (χ4n) is 2.62. The van der Waals surface area contributed by atoms with E-state index >= 15 is 0 Å². The molecular weight excluding hydrogens is 385 g/mol. The summed E-state index contributed by atoms with van der Waals surface area (Å²) in [6.07, 6.45) is 1.05. The van der Waals surface area contributed by atoms with Gasteiger partial charge in [-0.1, -0.05) is 35.5 Å². The Balaban J connectivity index is 1.85. The first-order chi connectivity index (χ1) is 13.4. The first-order valence-electron chi connectivity index (χ1n) is 8.61. The number of aromatic nitrogens is 2. The Labute approximate surface area is 162 Å². The highest BCUT2D eigenvalue weighted by Gasteiger charge is 2.23. The molecule has 3 aromatic rings. The van der Waals surface area contributed by atoms with Gasteiger partial charge < -0.3 is 9.26 Å². The average molecular weight is 405 g/mol. The predicted octanol–water partition coefficient (Wildman–Crippen LogP) is 3.24. The number of para-hydroxylation sites is 1. The molecule has 3 rings (SSSR count). The first kappa shape index (κ1) is 20.0. The van der Waals surface area contributed by atoms with E-state index in [0.29, 0.717) is 23.7 Å². The van der Waals surface area contributed by atoms with Crippen molar-refractivity contribution in [3.8, 4) is 17.1 Å². The molecule has 0 atom stereocenters. The fraction of sp³-hybridized carbons (Fsp3) is 0.263. The molecule has 9 heteroatoms. The minimum Gasteiger partial charge on any atom is -0.493 e. The SMILES string of the molecule is CCOc1ccccc1-c1noc(CN(Cc2ccccc2F)S(C)(=O)=O)n1. The van der Waals surface area contributed by atoms with Gasteiger partial charge in [0.2, 0.25) is 21.7 Å². The molecule has 0 aliphatic heterocycles. The standard InChI is InChI=1S/C19H20FN3O4S/c1-3-26-17-11-7-5-9-15(17)19-21-18(27-22-19)13-23(28(2,24)25)12-14-8-4-6-10-16(14)20/h4-11H,3,12-13H2,1-2H3. The number of ether oxygens (including phenoxy) is 1. The molecule has 28 heavy (non-hydrogen) atoms. The number of hydrogen-bond donors (Lipinski definition) is 0. The van der Waals surface area contributed by atoms with Crippen molar-refractivity contribution in [2.45, 2.75) is 20.0 Å². The van der Waals surface area contributed by atoms with Crippen molar-refractivity contribution in [2.75, 3.05) is 12.9 Å². The lowest BCUT2D eigenvalue weighted by Gasteiger charge is -2.18. The highest BCUT2D eigenvalue weighted by atomic mass is 32.2. The number of halogens is 1. The van der Waals surface area contributed by atoms with Crippen LogP contribution in [-0.2, 0) is 23.1 Å². The number of hydrogen-bond acceptors (Lipinski definition) is 6. The van der Waals surface area contributed by atoms with E-state index in [1.54, 1.807) is 24.3 Å². The largest absolute Gasteiger partial charge is 0.493 e. The zero-order chi connectivity index (χ0) is 20.1. The summed E-state index contributed by atoms with van der Waals surface area (Å²) in [5.74, 6) is 0.512. The fourth-order valence-corrected chi connectivity index (χ4v) is 3.34. The second-order valence-corrected chi connectivity index (χ2v) is 8.05. The van der Waals surface area contributed by atoms with Crippen LogP contribution in [0.5, 0.6) is 5.75 Å². The van der Waals surface area contributed by atoms with Crippen LogP contribution in [0, 0.1) is 5.82 Å². The molecule has 148 valence electrons. The van der Waals surface area contributed by atoms with Crippen LogP contribution in [-0.4, -0.2) is 35.7 Å². The van der Waals surface area contributed by atoms with Crippen molar-refractivity contribution in [1.82, 2.24) is 14.4 Å². The molecule has 0 aliphatic carbocycles. The molecule has 0 amide bonds. The maximum Gasteiger partial charge on any atom is 0.242 e. The van der Waals surface area contributed by atoms with Crippen LogP contribution in [0.3, 0.4) is 0 Å². The van der Waals surface area contributed by atoms with Gasteiger partial charge in [-0.25, -0.2) is 12.8 Å². The summed E-state index contributed by atoms with van der Waals surface area (Å²) in [4.78, 5) is 4.28. The van der Waals surface area contributed by atoms with Gasteiger partial charge in [-0.05, 0) is 25.1 Å². The third kappa shape index (κ3) is 4.73. The molecule has 0 saturated heterocycles. The van der Waals surface area contributed by atoms with Gasteiger partial charge in [0.05, 0.1) is 25.0 Å². The van der Waals surface area contributed by atoms with Crippen molar-refractivity contribution in [2.24, 2.45) is 0 Å². The van der Waals surface area contributed by atoms with Gasteiger partial charge in [-0.2, -0.15) is 9.29 Å². The topological polar surface area (TPSA) is 85.5 Å². The second kappa shape index (κ2) is 8.49. The molecule has 1 heterocycles. The molecule has 0 N–H and O–H groups in total. The van der Waals surface area contributed by atoms with E-state index in [2.05, 4.69) is 10.1 Å². The third-order valence-corrected chi connectivity index (χ3v) is 5.18. The van der Waals surface area contributed by atoms with E-state index in [1.165, 1.54) is 12.1 Å². The zero-order valence-corrected chi connectivity index (χ0v) is 16.3. The number of benzene rings is 2. The maximum absolute atomic E-state index is 13.9. The van der Waals surface area contributed by atoms with Crippen molar-refractivity contribution in [3.05, 3.63) is 65.8 Å². The summed E-state index contributed by atoms with van der Waals surface area (Å²) >= 11 is 0. The molecule has 0 saturated carbocycles. The van der Waals surface area contributed by atoms with Crippen LogP contribution in [0.25, 0.3) is 11.4 Å². The summed E-state index contributed by atoms with van der Waals surface area (Å²) in [7, 11) is -3.64. The van der Waals surface area contributed by atoms with Gasteiger partial charge in [-0.15, -0.1) is 0 Å². The van der Waals surface area contributed by atoms with Gasteiger partial charge in [0.15, 0.2) is 0 Å². The average Bonchev–Trinajstić information content (AvgIpc) is 3.11. The molecule has 7 nitrogen and oxygen atoms in total. The Morgan fingerprint density at radius 1 is 1.11 bits per heavy atom. The summed E-state index contributed by atoms with van der Waals surface area (Å²) in [6.45, 7) is 2.03. The Morgan fingerprint density at radius 2 is 1.82 bits per heavy atom. The van der Waals surface area contributed by atoms with Crippen molar-refractivity contribution in [3.63, 3.8) is 0 Å². The maximum atomic E-state index is 13.9. The van der Waals surface area contributed by atoms with Crippen LogP contribution >= 0.6 is 0 Å². The van der Waals surface area contributed by atoms with E-state index in [4.69, 9.17) is 9.26 Å². The number of sulfonamides is 1. The van der Waals surface area contributed by atoms with Gasteiger partial charge in [0, 0.05) is 12.1 Å². The Morgan fingerprint density at radius 3 is 2.54 bits per heavy atom. The molecular formula is C19H20FN3O4S. The molecule has 0 radical (unpaired) electrons. The van der Waals surface area contributed by atoms with Crippen molar-refractivity contribution < 1.29 is 22.1 Å². The predicted molar refractivity (Wildman–Crippen MR) is 101 cm³/mol. The van der Waals surface area contributed by atoms with E-state index in [9.17, 15) is 12.8 Å².